The van der Waals surface area contributed by atoms with Gasteiger partial charge in [-0.05, 0) is 48.9 Å². The van der Waals surface area contributed by atoms with Gasteiger partial charge in [0.25, 0.3) is 5.91 Å². The minimum atomic E-state index is 0.130. The molecule has 1 amide bonds. The van der Waals surface area contributed by atoms with Crippen molar-refractivity contribution in [3.63, 3.8) is 0 Å². The van der Waals surface area contributed by atoms with Crippen molar-refractivity contribution in [2.45, 2.75) is 19.3 Å². The maximum absolute atomic E-state index is 12.5. The van der Waals surface area contributed by atoms with E-state index in [-0.39, 0.29) is 5.91 Å². The molecule has 0 radical (unpaired) electrons. The Balaban J connectivity index is 1.46. The van der Waals surface area contributed by atoms with E-state index >= 15 is 0 Å². The van der Waals surface area contributed by atoms with Crippen molar-refractivity contribution in [1.82, 2.24) is 14.9 Å². The van der Waals surface area contributed by atoms with E-state index in [0.29, 0.717) is 5.92 Å². The Hall–Kier alpha value is -2.27. The van der Waals surface area contributed by atoms with Crippen molar-refractivity contribution in [2.24, 2.45) is 5.92 Å². The van der Waals surface area contributed by atoms with Gasteiger partial charge in [-0.15, -0.1) is 11.3 Å². The number of aromatic nitrogens is 2. The molecule has 2 aromatic heterocycles. The quantitative estimate of drug-likeness (QED) is 0.730. The van der Waals surface area contributed by atoms with Crippen molar-refractivity contribution >= 4 is 28.1 Å². The van der Waals surface area contributed by atoms with E-state index in [0.717, 1.165) is 36.3 Å². The minimum absolute atomic E-state index is 0.130. The lowest BCUT2D eigenvalue weighted by atomic mass is 9.90. The van der Waals surface area contributed by atoms with Gasteiger partial charge in [0.15, 0.2) is 0 Å². The van der Waals surface area contributed by atoms with Gasteiger partial charge in [0.2, 0.25) is 0 Å². The Morgan fingerprint density at radius 3 is 3.17 bits per heavy atom. The molecule has 1 fully saturated rings. The summed E-state index contributed by atoms with van der Waals surface area (Å²) in [5, 5.41) is 1.18. The molecule has 122 valence electrons. The van der Waals surface area contributed by atoms with E-state index in [1.807, 2.05) is 17.2 Å². The van der Waals surface area contributed by atoms with Gasteiger partial charge >= 0.3 is 0 Å². The van der Waals surface area contributed by atoms with Gasteiger partial charge < -0.3 is 4.90 Å². The van der Waals surface area contributed by atoms with E-state index in [4.69, 9.17) is 0 Å². The smallest absolute Gasteiger partial charge is 0.265 e. The molecule has 0 saturated carbocycles. The number of pyridine rings is 1. The average molecular weight is 337 g/mol. The lowest BCUT2D eigenvalue weighted by Crippen LogP contribution is -2.40. The number of rotatable bonds is 3. The van der Waals surface area contributed by atoms with E-state index < -0.39 is 0 Å². The van der Waals surface area contributed by atoms with Crippen LogP contribution in [-0.4, -0.2) is 33.9 Å². The van der Waals surface area contributed by atoms with Crippen LogP contribution in [0.5, 0.6) is 0 Å². The molecular weight excluding hydrogens is 318 g/mol. The van der Waals surface area contributed by atoms with Crippen molar-refractivity contribution < 1.29 is 4.79 Å². The third kappa shape index (κ3) is 3.17. The van der Waals surface area contributed by atoms with Crippen LogP contribution in [0.3, 0.4) is 0 Å². The van der Waals surface area contributed by atoms with E-state index in [2.05, 4.69) is 34.2 Å². The minimum Gasteiger partial charge on any atom is -0.338 e. The molecule has 1 atom stereocenters. The fourth-order valence-corrected chi connectivity index (χ4v) is 4.07. The maximum atomic E-state index is 12.5. The first-order valence-corrected chi connectivity index (χ1v) is 9.19. The first-order chi connectivity index (χ1) is 11.8. The summed E-state index contributed by atoms with van der Waals surface area (Å²) in [7, 11) is 0. The Kier molecular flexibility index (Phi) is 4.26. The summed E-state index contributed by atoms with van der Waals surface area (Å²) in [5.41, 5.74) is 4.08. The monoisotopic (exact) mass is 337 g/mol. The molecule has 3 aromatic rings. The van der Waals surface area contributed by atoms with E-state index in [1.165, 1.54) is 28.7 Å². The lowest BCUT2D eigenvalue weighted by molar-refractivity contribution is 0.0678. The highest BCUT2D eigenvalue weighted by atomic mass is 32.1. The summed E-state index contributed by atoms with van der Waals surface area (Å²) >= 11 is 1.42. The van der Waals surface area contributed by atoms with Gasteiger partial charge in [-0.25, -0.2) is 0 Å². The summed E-state index contributed by atoms with van der Waals surface area (Å²) in [5.74, 6) is 0.648. The lowest BCUT2D eigenvalue weighted by Gasteiger charge is -2.32. The van der Waals surface area contributed by atoms with Gasteiger partial charge in [-0.1, -0.05) is 12.1 Å². The Morgan fingerprint density at radius 1 is 1.33 bits per heavy atom. The van der Waals surface area contributed by atoms with Crippen LogP contribution >= 0.6 is 11.3 Å². The number of hydrogen-bond acceptors (Lipinski definition) is 4. The van der Waals surface area contributed by atoms with Gasteiger partial charge in [-0.3, -0.25) is 14.8 Å². The highest BCUT2D eigenvalue weighted by Gasteiger charge is 2.25. The number of benzene rings is 1. The summed E-state index contributed by atoms with van der Waals surface area (Å²) in [6.45, 7) is 1.69. The molecule has 1 unspecified atom stereocenters. The maximum Gasteiger partial charge on any atom is 0.265 e. The number of hydrogen-bond donors (Lipinski definition) is 0. The Labute approximate surface area is 145 Å². The molecule has 4 nitrogen and oxygen atoms in total. The molecule has 1 aliphatic heterocycles. The standard InChI is InChI=1S/C19H19N3OS/c23-19(18-11-20-13-24-18)22-8-2-3-15(12-22)9-14-5-6-17-16(10-14)4-1-7-21-17/h1,4-7,10-11,13,15H,2-3,8-9,12H2. The van der Waals surface area contributed by atoms with Gasteiger partial charge in [0.05, 0.1) is 17.2 Å². The number of carbonyl (C=O) groups is 1. The second-order valence-electron chi connectivity index (χ2n) is 6.36. The molecule has 0 spiro atoms. The van der Waals surface area contributed by atoms with Gasteiger partial charge in [0, 0.05) is 24.7 Å². The number of amides is 1. The molecule has 1 aliphatic rings. The zero-order valence-corrected chi connectivity index (χ0v) is 14.2. The fourth-order valence-electron chi connectivity index (χ4n) is 3.48. The highest BCUT2D eigenvalue weighted by molar-refractivity contribution is 7.11. The van der Waals surface area contributed by atoms with E-state index in [1.54, 1.807) is 11.7 Å². The second-order valence-corrected chi connectivity index (χ2v) is 7.25. The molecule has 1 aromatic carbocycles. The van der Waals surface area contributed by atoms with Crippen LogP contribution in [0, 0.1) is 5.92 Å². The van der Waals surface area contributed by atoms with E-state index in [9.17, 15) is 4.79 Å². The third-order valence-corrected chi connectivity index (χ3v) is 5.40. The zero-order chi connectivity index (χ0) is 16.4. The van der Waals surface area contributed by atoms with Crippen LogP contribution in [0.15, 0.2) is 48.2 Å². The molecule has 1 saturated heterocycles. The third-order valence-electron chi connectivity index (χ3n) is 4.64. The van der Waals surface area contributed by atoms with Crippen LogP contribution in [0.4, 0.5) is 0 Å². The summed E-state index contributed by atoms with van der Waals surface area (Å²) in [6, 6.07) is 10.6. The Bertz CT molecular complexity index is 847. The molecule has 4 rings (SSSR count). The van der Waals surface area contributed by atoms with Crippen LogP contribution in [0.25, 0.3) is 10.9 Å². The molecule has 24 heavy (non-hydrogen) atoms. The van der Waals surface area contributed by atoms with Crippen LogP contribution in [0.1, 0.15) is 28.1 Å². The average Bonchev–Trinajstić information content (AvgIpc) is 3.16. The topological polar surface area (TPSA) is 46.1 Å². The molecular formula is C19H19N3OS. The Morgan fingerprint density at radius 2 is 2.29 bits per heavy atom. The number of likely N-dealkylation sites (tertiary alicyclic amines) is 1. The molecule has 5 heteroatoms. The summed E-state index contributed by atoms with van der Waals surface area (Å²) < 4.78 is 0. The van der Waals surface area contributed by atoms with Crippen molar-refractivity contribution in [2.75, 3.05) is 13.1 Å². The van der Waals surface area contributed by atoms with Crippen molar-refractivity contribution in [1.29, 1.82) is 0 Å². The van der Waals surface area contributed by atoms with Crippen LogP contribution in [-0.2, 0) is 6.42 Å². The number of carbonyl (C=O) groups excluding carboxylic acids is 1. The van der Waals surface area contributed by atoms with Crippen LogP contribution < -0.4 is 0 Å². The predicted octanol–water partition coefficient (Wildman–Crippen LogP) is 3.79. The molecule has 0 bridgehead atoms. The first-order valence-electron chi connectivity index (χ1n) is 8.31. The predicted molar refractivity (Wildman–Crippen MR) is 96.2 cm³/mol. The van der Waals surface area contributed by atoms with Crippen LogP contribution in [0.2, 0.25) is 0 Å². The number of thiazole rings is 1. The fraction of sp³-hybridized carbons (Fsp3) is 0.316. The molecule has 0 aliphatic carbocycles. The zero-order valence-electron chi connectivity index (χ0n) is 13.4. The van der Waals surface area contributed by atoms with Gasteiger partial charge in [-0.2, -0.15) is 0 Å². The number of nitrogens with zero attached hydrogens (tertiary/aromatic N) is 3. The second kappa shape index (κ2) is 6.69. The highest BCUT2D eigenvalue weighted by Crippen LogP contribution is 2.24. The SMILES string of the molecule is O=C(c1cncs1)N1CCCC(Cc2ccc3ncccc3c2)C1. The molecule has 0 N–H and O–H groups in total. The normalized spacial score (nSPS) is 18.0. The summed E-state index contributed by atoms with van der Waals surface area (Å²) in [6.07, 6.45) is 6.76. The van der Waals surface area contributed by atoms with Gasteiger partial charge in [0.1, 0.15) is 4.88 Å². The first kappa shape index (κ1) is 15.3. The number of fused-ring (bicyclic) bond motifs is 1. The number of piperidine rings is 1. The summed E-state index contributed by atoms with van der Waals surface area (Å²) in [4.78, 5) is 23.6. The largest absolute Gasteiger partial charge is 0.338 e. The van der Waals surface area contributed by atoms with Crippen molar-refractivity contribution in [3.05, 3.63) is 58.7 Å². The molecule has 3 heterocycles. The van der Waals surface area contributed by atoms with Crippen molar-refractivity contribution in [3.8, 4) is 0 Å².